The van der Waals surface area contributed by atoms with Crippen LogP contribution in [0.5, 0.6) is 0 Å². The number of ether oxygens (including phenoxy) is 1. The van der Waals surface area contributed by atoms with E-state index in [9.17, 15) is 24.0 Å². The minimum absolute atomic E-state index is 0. The minimum atomic E-state index is -0.443. The van der Waals surface area contributed by atoms with E-state index in [0.29, 0.717) is 72.9 Å². The van der Waals surface area contributed by atoms with Crippen molar-refractivity contribution >= 4 is 68.6 Å². The van der Waals surface area contributed by atoms with E-state index < -0.39 is 16.9 Å². The van der Waals surface area contributed by atoms with Gasteiger partial charge in [-0.25, -0.2) is 19.6 Å². The topological polar surface area (TPSA) is 170 Å². The zero-order chi connectivity index (χ0) is 38.6. The second kappa shape index (κ2) is 19.9. The fraction of sp³-hybridized carbons (Fsp3) is 0.361. The molecule has 0 aliphatic rings. The van der Waals surface area contributed by atoms with Gasteiger partial charge in [-0.1, -0.05) is 56.1 Å². The SMILES string of the molecule is CCOC(=O)CCc1nc2c(c(=O)n(C)c(=O)n2C)n1Cc1cccc(Br)c1.Cn1c(=O)c2c(nc(CCCO)n2Cc2cccc(Br)c2)n(C)c1=O.[B].[H-].[Na+]. The number of esters is 1. The number of carbonyl (C=O) groups excluding carboxylic acids is 1. The molecule has 55 heavy (non-hydrogen) atoms. The first-order chi connectivity index (χ1) is 25.3. The van der Waals surface area contributed by atoms with Crippen LogP contribution in [0.3, 0.4) is 0 Å². The maximum atomic E-state index is 12.8. The number of fused-ring (bicyclic) bond motifs is 2. The number of aryl methyl sites for hydroxylation is 4. The van der Waals surface area contributed by atoms with Crippen molar-refractivity contribution in [1.82, 2.24) is 37.4 Å². The maximum absolute atomic E-state index is 12.8. The number of nitrogens with zero attached hydrogens (tertiary/aromatic N) is 8. The third kappa shape index (κ3) is 9.96. The zero-order valence-electron chi connectivity index (χ0n) is 32.6. The quantitative estimate of drug-likeness (QED) is 0.135. The van der Waals surface area contributed by atoms with Crippen molar-refractivity contribution in [2.75, 3.05) is 13.2 Å². The Morgan fingerprint density at radius 2 is 1.18 bits per heavy atom. The van der Waals surface area contributed by atoms with Crippen LogP contribution in [0.2, 0.25) is 0 Å². The van der Waals surface area contributed by atoms with Gasteiger partial charge in [0, 0.05) is 78.1 Å². The number of rotatable bonds is 11. The molecule has 15 nitrogen and oxygen atoms in total. The molecule has 1 N–H and O–H groups in total. The van der Waals surface area contributed by atoms with Crippen molar-refractivity contribution in [2.24, 2.45) is 28.2 Å². The van der Waals surface area contributed by atoms with Crippen LogP contribution in [0.15, 0.2) is 76.7 Å². The predicted octanol–water partition coefficient (Wildman–Crippen LogP) is -0.355. The van der Waals surface area contributed by atoms with Crippen LogP contribution >= 0.6 is 31.9 Å². The number of hydrogen-bond acceptors (Lipinski definition) is 9. The molecule has 0 atom stereocenters. The first-order valence-corrected chi connectivity index (χ1v) is 18.4. The van der Waals surface area contributed by atoms with Gasteiger partial charge in [0.2, 0.25) is 0 Å². The Morgan fingerprint density at radius 1 is 0.745 bits per heavy atom. The van der Waals surface area contributed by atoms with Crippen molar-refractivity contribution in [3.05, 3.63) is 122 Å². The van der Waals surface area contributed by atoms with Crippen LogP contribution in [0.25, 0.3) is 22.3 Å². The smallest absolute Gasteiger partial charge is 1.00 e. The van der Waals surface area contributed by atoms with E-state index in [1.54, 1.807) is 25.6 Å². The predicted molar refractivity (Wildman–Crippen MR) is 214 cm³/mol. The van der Waals surface area contributed by atoms with E-state index in [0.717, 1.165) is 29.2 Å². The molecule has 3 radical (unpaired) electrons. The maximum Gasteiger partial charge on any atom is 1.00 e. The summed E-state index contributed by atoms with van der Waals surface area (Å²) in [4.78, 5) is 70.8. The Labute approximate surface area is 358 Å². The summed E-state index contributed by atoms with van der Waals surface area (Å²) in [5.41, 5.74) is 1.76. The fourth-order valence-electron chi connectivity index (χ4n) is 6.03. The van der Waals surface area contributed by atoms with Crippen molar-refractivity contribution < 1.29 is 45.6 Å². The molecule has 0 saturated carbocycles. The van der Waals surface area contributed by atoms with Crippen molar-refractivity contribution in [1.29, 1.82) is 0 Å². The van der Waals surface area contributed by atoms with Crippen LogP contribution in [0.4, 0.5) is 0 Å². The molecule has 2 aromatic carbocycles. The first-order valence-electron chi connectivity index (χ1n) is 16.8. The van der Waals surface area contributed by atoms with Crippen LogP contribution in [0.1, 0.15) is 44.0 Å². The number of hydrogen-bond donors (Lipinski definition) is 1. The van der Waals surface area contributed by atoms with E-state index in [1.807, 2.05) is 53.1 Å². The molecule has 0 saturated heterocycles. The van der Waals surface area contributed by atoms with Crippen molar-refractivity contribution in [3.8, 4) is 0 Å². The number of benzene rings is 2. The fourth-order valence-corrected chi connectivity index (χ4v) is 6.92. The van der Waals surface area contributed by atoms with Gasteiger partial charge < -0.3 is 20.4 Å². The monoisotopic (exact) mass is 889 g/mol. The largest absolute Gasteiger partial charge is 1.00 e. The van der Waals surface area contributed by atoms with Gasteiger partial charge in [-0.05, 0) is 48.7 Å². The number of carbonyl (C=O) groups is 1. The minimum Gasteiger partial charge on any atom is -1.00 e. The molecular weight excluding hydrogens is 850 g/mol. The molecule has 6 aromatic rings. The summed E-state index contributed by atoms with van der Waals surface area (Å²) in [7, 11) is 6.10. The summed E-state index contributed by atoms with van der Waals surface area (Å²) in [6.45, 7) is 2.95. The Bertz CT molecular complexity index is 2580. The van der Waals surface area contributed by atoms with E-state index in [4.69, 9.17) is 9.84 Å². The van der Waals surface area contributed by atoms with Crippen LogP contribution in [-0.2, 0) is 63.7 Å². The van der Waals surface area contributed by atoms with Gasteiger partial charge in [-0.15, -0.1) is 0 Å². The third-order valence-corrected chi connectivity index (χ3v) is 9.72. The molecular formula is C36H41BBr2N8NaO7. The van der Waals surface area contributed by atoms with Crippen LogP contribution in [-0.4, -0.2) is 70.1 Å². The second-order valence-corrected chi connectivity index (χ2v) is 14.2. The average molecular weight is 891 g/mol. The standard InChI is InChI=1S/C19H21BrN4O4.C17H19BrN4O3.B.Na.H/c1-4-28-15(25)9-8-14-21-17-16(18(26)23(3)19(27)22(17)2)24(14)11-12-6-5-7-13(20)10-12;1-20-15-14(16(24)21(2)17(20)25)22(13(19-15)7-4-8-23)10-11-5-3-6-12(18)9-11;;;/h5-7,10H,4,8-9,11H2,1-3H3;3,5-6,9,23H,4,7-8,10H2,1-2H3;;;/q;;;+1;-1. The summed E-state index contributed by atoms with van der Waals surface area (Å²) in [5, 5.41) is 9.15. The molecule has 0 bridgehead atoms. The van der Waals surface area contributed by atoms with Gasteiger partial charge >= 0.3 is 46.9 Å². The molecule has 19 heteroatoms. The second-order valence-electron chi connectivity index (χ2n) is 12.4. The number of halogens is 2. The molecule has 4 heterocycles. The summed E-state index contributed by atoms with van der Waals surface area (Å²) >= 11 is 6.91. The van der Waals surface area contributed by atoms with E-state index in [2.05, 4.69) is 41.8 Å². The third-order valence-electron chi connectivity index (χ3n) is 8.73. The molecule has 0 aliphatic heterocycles. The Hall–Kier alpha value is -3.81. The number of imidazole rings is 2. The summed E-state index contributed by atoms with van der Waals surface area (Å²) in [6.07, 6.45) is 1.51. The molecule has 0 unspecified atom stereocenters. The van der Waals surface area contributed by atoms with Gasteiger partial charge in [-0.2, -0.15) is 0 Å². The number of aliphatic hydroxyl groups excluding tert-OH is 1. The summed E-state index contributed by atoms with van der Waals surface area (Å²) in [5.74, 6) is 0.911. The molecule has 0 amide bonds. The average Bonchev–Trinajstić information content (AvgIpc) is 3.68. The first kappa shape index (κ1) is 45.6. The molecule has 0 aliphatic carbocycles. The van der Waals surface area contributed by atoms with Crippen molar-refractivity contribution in [3.63, 3.8) is 0 Å². The van der Waals surface area contributed by atoms with E-state index in [-0.39, 0.29) is 64.0 Å². The molecule has 4 aromatic heterocycles. The van der Waals surface area contributed by atoms with Gasteiger partial charge in [0.15, 0.2) is 22.3 Å². The van der Waals surface area contributed by atoms with E-state index in [1.165, 1.54) is 23.2 Å². The number of aromatic nitrogens is 8. The Kier molecular flexibility index (Phi) is 16.5. The van der Waals surface area contributed by atoms with Gasteiger partial charge in [0.25, 0.3) is 11.1 Å². The zero-order valence-corrected chi connectivity index (χ0v) is 36.8. The van der Waals surface area contributed by atoms with Crippen molar-refractivity contribution in [2.45, 2.75) is 45.7 Å². The van der Waals surface area contributed by atoms with Gasteiger partial charge in [-0.3, -0.25) is 32.7 Å². The Morgan fingerprint density at radius 3 is 1.58 bits per heavy atom. The van der Waals surface area contributed by atoms with Gasteiger partial charge in [0.1, 0.15) is 11.6 Å². The van der Waals surface area contributed by atoms with Gasteiger partial charge in [0.05, 0.1) is 13.0 Å². The number of aliphatic hydroxyl groups is 1. The normalized spacial score (nSPS) is 10.8. The Balaban J connectivity index is 0.000000369. The molecule has 0 spiro atoms. The summed E-state index contributed by atoms with van der Waals surface area (Å²) in [6, 6.07) is 15.5. The van der Waals surface area contributed by atoms with Crippen LogP contribution in [0, 0.1) is 0 Å². The molecule has 6 rings (SSSR count). The molecule has 0 fully saturated rings. The molecule has 285 valence electrons. The van der Waals surface area contributed by atoms with E-state index >= 15 is 0 Å². The van der Waals surface area contributed by atoms with Crippen LogP contribution < -0.4 is 52.1 Å². The summed E-state index contributed by atoms with van der Waals surface area (Å²) < 4.78 is 15.4.